The molecule has 0 bridgehead atoms. The van der Waals surface area contributed by atoms with Crippen molar-refractivity contribution >= 4 is 15.7 Å². The molecule has 0 saturated heterocycles. The summed E-state index contributed by atoms with van der Waals surface area (Å²) >= 11 is 0. The summed E-state index contributed by atoms with van der Waals surface area (Å²) in [5.41, 5.74) is 1.16. The minimum atomic E-state index is -3.28. The highest BCUT2D eigenvalue weighted by atomic mass is 32.2. The van der Waals surface area contributed by atoms with Crippen molar-refractivity contribution in [2.45, 2.75) is 33.1 Å². The van der Waals surface area contributed by atoms with E-state index < -0.39 is 21.5 Å². The zero-order valence-electron chi connectivity index (χ0n) is 13.0. The maximum Gasteiger partial charge on any atom is 0.235 e. The number of sulfone groups is 1. The van der Waals surface area contributed by atoms with E-state index in [1.165, 1.54) is 0 Å². The van der Waals surface area contributed by atoms with Crippen molar-refractivity contribution in [1.29, 1.82) is 0 Å². The predicted molar refractivity (Wildman–Crippen MR) is 86.0 cm³/mol. The molecule has 0 radical (unpaired) electrons. The number of hydrogen-bond acceptors (Lipinski definition) is 3. The minimum absolute atomic E-state index is 0.0622. The molecule has 1 aromatic rings. The number of hydrogen-bond donors (Lipinski definition) is 1. The molecular weight excluding hydrogens is 286 g/mol. The fraction of sp³-hybridized carbons (Fsp3) is 0.562. The Morgan fingerprint density at radius 3 is 2.33 bits per heavy atom. The molecule has 1 rings (SSSR count). The Hall–Kier alpha value is -1.36. The molecule has 5 heteroatoms. The molecule has 1 amide bonds. The third-order valence-corrected chi connectivity index (χ3v) is 5.15. The first-order valence-electron chi connectivity index (χ1n) is 7.37. The maximum atomic E-state index is 11.8. The first kappa shape index (κ1) is 17.7. The van der Waals surface area contributed by atoms with Crippen LogP contribution in [0.15, 0.2) is 30.3 Å². The van der Waals surface area contributed by atoms with E-state index in [1.54, 1.807) is 6.92 Å². The zero-order valence-corrected chi connectivity index (χ0v) is 13.8. The highest BCUT2D eigenvalue weighted by Crippen LogP contribution is 2.23. The quantitative estimate of drug-likeness (QED) is 0.801. The second-order valence-electron chi connectivity index (χ2n) is 5.66. The molecule has 1 unspecified atom stereocenters. The molecule has 1 aromatic carbocycles. The molecule has 0 aliphatic heterocycles. The fourth-order valence-corrected chi connectivity index (χ4v) is 3.56. The third-order valence-electron chi connectivity index (χ3n) is 3.42. The molecule has 1 N–H and O–H groups in total. The number of carbonyl (C=O) groups is 1. The van der Waals surface area contributed by atoms with Crippen LogP contribution in [0.4, 0.5) is 0 Å². The first-order chi connectivity index (χ1) is 9.85. The van der Waals surface area contributed by atoms with Crippen LogP contribution in [0.2, 0.25) is 0 Å². The van der Waals surface area contributed by atoms with E-state index in [4.69, 9.17) is 0 Å². The SMILES string of the molecule is CCCS(=O)(=O)CC(=O)NCC(c1ccccc1)C(C)C. The van der Waals surface area contributed by atoms with Gasteiger partial charge in [-0.3, -0.25) is 4.79 Å². The molecule has 118 valence electrons. The number of benzene rings is 1. The van der Waals surface area contributed by atoms with E-state index in [0.717, 1.165) is 5.56 Å². The van der Waals surface area contributed by atoms with Gasteiger partial charge < -0.3 is 5.32 Å². The predicted octanol–water partition coefficient (Wildman–Crippen LogP) is 2.37. The Kier molecular flexibility index (Phi) is 6.89. The lowest BCUT2D eigenvalue weighted by molar-refractivity contribution is -0.118. The average molecular weight is 311 g/mol. The van der Waals surface area contributed by atoms with Crippen LogP contribution in [0.3, 0.4) is 0 Å². The van der Waals surface area contributed by atoms with Crippen LogP contribution < -0.4 is 5.32 Å². The summed E-state index contributed by atoms with van der Waals surface area (Å²) in [6.45, 7) is 6.44. The lowest BCUT2D eigenvalue weighted by Crippen LogP contribution is -2.35. The van der Waals surface area contributed by atoms with Gasteiger partial charge in [-0.1, -0.05) is 51.1 Å². The van der Waals surface area contributed by atoms with Crippen molar-refractivity contribution in [3.05, 3.63) is 35.9 Å². The summed E-state index contributed by atoms with van der Waals surface area (Å²) in [4.78, 5) is 11.8. The summed E-state index contributed by atoms with van der Waals surface area (Å²) in [6, 6.07) is 9.96. The normalized spacial score (nSPS) is 13.1. The van der Waals surface area contributed by atoms with Gasteiger partial charge in [-0.25, -0.2) is 8.42 Å². The third kappa shape index (κ3) is 6.29. The van der Waals surface area contributed by atoms with Gasteiger partial charge in [0.2, 0.25) is 5.91 Å². The Balaban J connectivity index is 2.61. The average Bonchev–Trinajstić information content (AvgIpc) is 2.38. The Labute approximate surface area is 127 Å². The van der Waals surface area contributed by atoms with Gasteiger partial charge in [0.05, 0.1) is 5.75 Å². The summed E-state index contributed by atoms with van der Waals surface area (Å²) < 4.78 is 23.3. The Bertz CT molecular complexity index is 538. The van der Waals surface area contributed by atoms with Gasteiger partial charge in [-0.2, -0.15) is 0 Å². The van der Waals surface area contributed by atoms with Crippen molar-refractivity contribution in [1.82, 2.24) is 5.32 Å². The Morgan fingerprint density at radius 1 is 1.19 bits per heavy atom. The second-order valence-corrected chi connectivity index (χ2v) is 7.84. The summed E-state index contributed by atoms with van der Waals surface area (Å²) in [7, 11) is -3.28. The molecule has 1 atom stereocenters. The summed E-state index contributed by atoms with van der Waals surface area (Å²) in [5, 5.41) is 2.76. The molecule has 0 aromatic heterocycles. The summed E-state index contributed by atoms with van der Waals surface area (Å²) in [6.07, 6.45) is 0.536. The van der Waals surface area contributed by atoms with E-state index in [2.05, 4.69) is 19.2 Å². The fourth-order valence-electron chi connectivity index (χ4n) is 2.30. The molecule has 4 nitrogen and oxygen atoms in total. The molecule has 0 heterocycles. The first-order valence-corrected chi connectivity index (χ1v) is 9.20. The number of amides is 1. The van der Waals surface area contributed by atoms with Crippen molar-refractivity contribution in [3.63, 3.8) is 0 Å². The van der Waals surface area contributed by atoms with Crippen molar-refractivity contribution < 1.29 is 13.2 Å². The van der Waals surface area contributed by atoms with Gasteiger partial charge in [-0.05, 0) is 17.9 Å². The summed E-state index contributed by atoms with van der Waals surface area (Å²) in [5.74, 6) is -0.221. The van der Waals surface area contributed by atoms with Crippen molar-refractivity contribution in [2.24, 2.45) is 5.92 Å². The maximum absolute atomic E-state index is 11.8. The molecule has 0 aliphatic carbocycles. The van der Waals surface area contributed by atoms with Crippen LogP contribution in [0.5, 0.6) is 0 Å². The van der Waals surface area contributed by atoms with Crippen LogP contribution in [0, 0.1) is 5.92 Å². The molecular formula is C16H25NO3S. The molecule has 0 spiro atoms. The van der Waals surface area contributed by atoms with E-state index in [-0.39, 0.29) is 11.7 Å². The highest BCUT2D eigenvalue weighted by molar-refractivity contribution is 7.92. The van der Waals surface area contributed by atoms with Crippen molar-refractivity contribution in [3.8, 4) is 0 Å². The lowest BCUT2D eigenvalue weighted by atomic mass is 9.88. The van der Waals surface area contributed by atoms with Gasteiger partial charge in [0, 0.05) is 12.5 Å². The van der Waals surface area contributed by atoms with Crippen LogP contribution in [-0.2, 0) is 14.6 Å². The topological polar surface area (TPSA) is 63.2 Å². The molecule has 0 aliphatic rings. The lowest BCUT2D eigenvalue weighted by Gasteiger charge is -2.21. The molecule has 21 heavy (non-hydrogen) atoms. The van der Waals surface area contributed by atoms with Gasteiger partial charge in [0.25, 0.3) is 0 Å². The Morgan fingerprint density at radius 2 is 1.81 bits per heavy atom. The molecule has 0 fully saturated rings. The van der Waals surface area contributed by atoms with Crippen LogP contribution in [-0.4, -0.2) is 32.4 Å². The number of carbonyl (C=O) groups excluding carboxylic acids is 1. The smallest absolute Gasteiger partial charge is 0.235 e. The van der Waals surface area contributed by atoms with Gasteiger partial charge in [0.1, 0.15) is 5.75 Å². The van der Waals surface area contributed by atoms with E-state index in [9.17, 15) is 13.2 Å². The monoisotopic (exact) mass is 311 g/mol. The number of nitrogens with one attached hydrogen (secondary N) is 1. The molecule has 0 saturated carbocycles. The van der Waals surface area contributed by atoms with E-state index in [0.29, 0.717) is 18.9 Å². The van der Waals surface area contributed by atoms with Gasteiger partial charge in [0.15, 0.2) is 9.84 Å². The van der Waals surface area contributed by atoms with Crippen LogP contribution in [0.1, 0.15) is 38.7 Å². The van der Waals surface area contributed by atoms with Crippen LogP contribution >= 0.6 is 0 Å². The zero-order chi connectivity index (χ0) is 15.9. The van der Waals surface area contributed by atoms with E-state index >= 15 is 0 Å². The van der Waals surface area contributed by atoms with Gasteiger partial charge in [-0.15, -0.1) is 0 Å². The number of rotatable bonds is 8. The van der Waals surface area contributed by atoms with Crippen molar-refractivity contribution in [2.75, 3.05) is 18.1 Å². The second kappa shape index (κ2) is 8.17. The van der Waals surface area contributed by atoms with Gasteiger partial charge >= 0.3 is 0 Å². The standard InChI is InChI=1S/C16H25NO3S/c1-4-10-21(19,20)12-16(18)17-11-15(13(2)3)14-8-6-5-7-9-14/h5-9,13,15H,4,10-12H2,1-3H3,(H,17,18). The van der Waals surface area contributed by atoms with E-state index in [1.807, 2.05) is 30.3 Å². The largest absolute Gasteiger partial charge is 0.355 e. The minimum Gasteiger partial charge on any atom is -0.355 e. The van der Waals surface area contributed by atoms with Crippen LogP contribution in [0.25, 0.3) is 0 Å². The highest BCUT2D eigenvalue weighted by Gasteiger charge is 2.19.